The molecule has 9 heteroatoms. The lowest BCUT2D eigenvalue weighted by Gasteiger charge is -2.28. The Morgan fingerprint density at radius 1 is 1.23 bits per heavy atom. The summed E-state index contributed by atoms with van der Waals surface area (Å²) in [5.74, 6) is 0. The van der Waals surface area contributed by atoms with Gasteiger partial charge in [0, 0.05) is 13.7 Å². The first-order chi connectivity index (χ1) is 9.97. The fourth-order valence-corrected chi connectivity index (χ4v) is 1.15. The number of carbonyl (C=O) groups excluding carboxylic acids is 1. The fraction of sp³-hybridized carbons (Fsp3) is 0.769. The van der Waals surface area contributed by atoms with E-state index >= 15 is 0 Å². The quantitative estimate of drug-likeness (QED) is 0.591. The van der Waals surface area contributed by atoms with Crippen LogP contribution in [0.25, 0.3) is 0 Å². The van der Waals surface area contributed by atoms with Crippen LogP contribution in [0, 0.1) is 0 Å². The van der Waals surface area contributed by atoms with Gasteiger partial charge in [-0.2, -0.15) is 13.2 Å². The number of halogens is 3. The molecule has 0 aromatic rings. The van der Waals surface area contributed by atoms with Gasteiger partial charge >= 0.3 is 12.2 Å². The molecule has 130 valence electrons. The average molecular weight is 328 g/mol. The largest absolute Gasteiger partial charge is 0.502 e. The molecule has 0 aliphatic heterocycles. The van der Waals surface area contributed by atoms with Crippen molar-refractivity contribution >= 4 is 6.03 Å². The zero-order valence-corrected chi connectivity index (χ0v) is 13.1. The summed E-state index contributed by atoms with van der Waals surface area (Å²) in [5, 5.41) is 14.0. The molecule has 1 atom stereocenters. The van der Waals surface area contributed by atoms with Crippen molar-refractivity contribution in [1.82, 2.24) is 10.6 Å². The van der Waals surface area contributed by atoms with Crippen LogP contribution < -0.4 is 10.6 Å². The van der Waals surface area contributed by atoms with E-state index in [1.165, 1.54) is 7.11 Å². The van der Waals surface area contributed by atoms with Crippen LogP contribution in [-0.2, 0) is 9.47 Å². The summed E-state index contributed by atoms with van der Waals surface area (Å²) in [5.41, 5.74) is -3.87. The maximum Gasteiger partial charge on any atom is 0.422 e. The Hall–Kier alpha value is -1.48. The van der Waals surface area contributed by atoms with Crippen LogP contribution in [0.4, 0.5) is 18.0 Å². The molecule has 0 saturated carbocycles. The lowest BCUT2D eigenvalue weighted by Crippen LogP contribution is -2.54. The van der Waals surface area contributed by atoms with Gasteiger partial charge in [-0.15, -0.1) is 0 Å². The second-order valence-corrected chi connectivity index (χ2v) is 5.18. The van der Waals surface area contributed by atoms with Crippen molar-refractivity contribution in [3.8, 4) is 0 Å². The number of aliphatic hydroxyl groups is 1. The maximum atomic E-state index is 12.9. The highest BCUT2D eigenvalue weighted by atomic mass is 19.4. The molecule has 2 amide bonds. The standard InChI is InChI=1S/C13H23F3N2O4/c1-5-22-7-6-12(20,13(14,15)16)9-18-10(19)17-8-11(2,3)21-4/h6-7,20H,5,8-9H2,1-4H3,(H2,17,18,19)/b7-6+. The third kappa shape index (κ3) is 6.99. The first-order valence-electron chi connectivity index (χ1n) is 6.62. The predicted molar refractivity (Wildman–Crippen MR) is 74.3 cm³/mol. The van der Waals surface area contributed by atoms with Crippen molar-refractivity contribution in [2.75, 3.05) is 26.8 Å². The number of methoxy groups -OCH3 is 1. The lowest BCUT2D eigenvalue weighted by molar-refractivity contribution is -0.237. The monoisotopic (exact) mass is 328 g/mol. The number of hydrogen-bond donors (Lipinski definition) is 3. The molecular formula is C13H23F3N2O4. The number of hydrogen-bond acceptors (Lipinski definition) is 4. The van der Waals surface area contributed by atoms with Crippen molar-refractivity contribution < 1.29 is 32.5 Å². The van der Waals surface area contributed by atoms with Crippen molar-refractivity contribution in [1.29, 1.82) is 0 Å². The van der Waals surface area contributed by atoms with Crippen molar-refractivity contribution in [2.45, 2.75) is 38.1 Å². The zero-order valence-electron chi connectivity index (χ0n) is 13.1. The molecule has 0 spiro atoms. The number of carbonyl (C=O) groups is 1. The third-order valence-electron chi connectivity index (χ3n) is 2.84. The third-order valence-corrected chi connectivity index (χ3v) is 2.84. The fourth-order valence-electron chi connectivity index (χ4n) is 1.15. The summed E-state index contributed by atoms with van der Waals surface area (Å²) in [6.45, 7) is 4.19. The minimum atomic E-state index is -4.96. The van der Waals surface area contributed by atoms with E-state index < -0.39 is 30.0 Å². The highest BCUT2D eigenvalue weighted by Gasteiger charge is 2.52. The molecule has 0 saturated heterocycles. The molecule has 22 heavy (non-hydrogen) atoms. The number of alkyl halides is 3. The van der Waals surface area contributed by atoms with Crippen molar-refractivity contribution in [2.24, 2.45) is 0 Å². The predicted octanol–water partition coefficient (Wildman–Crippen LogP) is 1.55. The zero-order chi connectivity index (χ0) is 17.4. The van der Waals surface area contributed by atoms with Crippen LogP contribution >= 0.6 is 0 Å². The molecule has 0 aliphatic rings. The smallest absolute Gasteiger partial charge is 0.422 e. The van der Waals surface area contributed by atoms with E-state index in [-0.39, 0.29) is 13.2 Å². The molecule has 1 unspecified atom stereocenters. The van der Waals surface area contributed by atoms with E-state index in [9.17, 15) is 23.1 Å². The summed E-state index contributed by atoms with van der Waals surface area (Å²) >= 11 is 0. The van der Waals surface area contributed by atoms with E-state index in [1.807, 2.05) is 5.32 Å². The van der Waals surface area contributed by atoms with Crippen molar-refractivity contribution in [3.63, 3.8) is 0 Å². The molecule has 0 fully saturated rings. The van der Waals surface area contributed by atoms with E-state index in [0.29, 0.717) is 6.08 Å². The normalized spacial score (nSPS) is 15.5. The highest BCUT2D eigenvalue weighted by molar-refractivity contribution is 5.74. The highest BCUT2D eigenvalue weighted by Crippen LogP contribution is 2.31. The van der Waals surface area contributed by atoms with E-state index in [2.05, 4.69) is 10.1 Å². The number of urea groups is 1. The lowest BCUT2D eigenvalue weighted by atomic mass is 10.0. The Balaban J connectivity index is 4.61. The van der Waals surface area contributed by atoms with E-state index in [4.69, 9.17) is 4.74 Å². The van der Waals surface area contributed by atoms with Gasteiger partial charge in [0.25, 0.3) is 0 Å². The summed E-state index contributed by atoms with van der Waals surface area (Å²) in [6, 6.07) is -0.849. The van der Waals surface area contributed by atoms with Crippen LogP contribution in [-0.4, -0.2) is 55.3 Å². The summed E-state index contributed by atoms with van der Waals surface area (Å²) in [4.78, 5) is 11.5. The second-order valence-electron chi connectivity index (χ2n) is 5.18. The molecule has 0 aromatic heterocycles. The SMILES string of the molecule is CCO/C=C/C(O)(CNC(=O)NCC(C)(C)OC)C(F)(F)F. The molecule has 6 nitrogen and oxygen atoms in total. The molecule has 3 N–H and O–H groups in total. The van der Waals surface area contributed by atoms with Gasteiger partial charge in [-0.25, -0.2) is 4.79 Å². The van der Waals surface area contributed by atoms with Gasteiger partial charge in [0.05, 0.1) is 25.0 Å². The molecule has 0 rings (SSSR count). The van der Waals surface area contributed by atoms with Gasteiger partial charge in [-0.3, -0.25) is 0 Å². The van der Waals surface area contributed by atoms with E-state index in [1.54, 1.807) is 20.8 Å². The summed E-state index contributed by atoms with van der Waals surface area (Å²) in [7, 11) is 1.44. The Labute approximate surface area is 127 Å². The average Bonchev–Trinajstić information content (AvgIpc) is 2.42. The maximum absolute atomic E-state index is 12.9. The van der Waals surface area contributed by atoms with Gasteiger partial charge in [0.1, 0.15) is 0 Å². The molecule has 0 aliphatic carbocycles. The van der Waals surface area contributed by atoms with Crippen LogP contribution in [0.2, 0.25) is 0 Å². The second kappa shape index (κ2) is 8.23. The molecular weight excluding hydrogens is 305 g/mol. The van der Waals surface area contributed by atoms with Crippen LogP contribution in [0.3, 0.4) is 0 Å². The molecule has 0 aromatic carbocycles. The number of ether oxygens (including phenoxy) is 2. The first-order valence-corrected chi connectivity index (χ1v) is 6.62. The molecule has 0 heterocycles. The summed E-state index contributed by atoms with van der Waals surface area (Å²) < 4.78 is 48.3. The number of nitrogens with one attached hydrogen (secondary N) is 2. The number of amides is 2. The summed E-state index contributed by atoms with van der Waals surface area (Å²) in [6.07, 6.45) is -3.75. The minimum Gasteiger partial charge on any atom is -0.502 e. The van der Waals surface area contributed by atoms with Gasteiger partial charge < -0.3 is 25.2 Å². The minimum absolute atomic E-state index is 0.0918. The Morgan fingerprint density at radius 2 is 1.77 bits per heavy atom. The van der Waals surface area contributed by atoms with Crippen molar-refractivity contribution in [3.05, 3.63) is 12.3 Å². The van der Waals surface area contributed by atoms with Crippen LogP contribution in [0.1, 0.15) is 20.8 Å². The van der Waals surface area contributed by atoms with Gasteiger partial charge in [0.15, 0.2) is 5.60 Å². The topological polar surface area (TPSA) is 79.8 Å². The molecule has 0 bridgehead atoms. The van der Waals surface area contributed by atoms with Gasteiger partial charge in [0.2, 0.25) is 0 Å². The first kappa shape index (κ1) is 20.5. The Morgan fingerprint density at radius 3 is 2.23 bits per heavy atom. The Bertz CT molecular complexity index is 386. The Kier molecular flexibility index (Phi) is 7.68. The van der Waals surface area contributed by atoms with Crippen LogP contribution in [0.5, 0.6) is 0 Å². The van der Waals surface area contributed by atoms with Crippen LogP contribution in [0.15, 0.2) is 12.3 Å². The van der Waals surface area contributed by atoms with Gasteiger partial charge in [-0.05, 0) is 26.8 Å². The van der Waals surface area contributed by atoms with E-state index in [0.717, 1.165) is 6.26 Å². The molecule has 0 radical (unpaired) electrons. The van der Waals surface area contributed by atoms with Gasteiger partial charge in [-0.1, -0.05) is 0 Å². The number of rotatable bonds is 8.